The number of imidazole rings is 1. The fourth-order valence-electron chi connectivity index (χ4n) is 3.53. The molecular formula is C24H16ClN7. The number of anilines is 1. The Bertz CT molecular complexity index is 1480. The van der Waals surface area contributed by atoms with Crippen LogP contribution in [0.15, 0.2) is 73.1 Å². The largest absolute Gasteiger partial charge is 0.383 e. The van der Waals surface area contributed by atoms with Gasteiger partial charge in [-0.1, -0.05) is 12.1 Å². The van der Waals surface area contributed by atoms with Gasteiger partial charge in [-0.2, -0.15) is 5.26 Å². The summed E-state index contributed by atoms with van der Waals surface area (Å²) in [6.45, 7) is 0. The Morgan fingerprint density at radius 3 is 2.56 bits per heavy atom. The molecule has 4 heterocycles. The lowest BCUT2D eigenvalue weighted by molar-refractivity contribution is 1.07. The van der Waals surface area contributed by atoms with Crippen LogP contribution in [0.2, 0.25) is 0 Å². The van der Waals surface area contributed by atoms with Gasteiger partial charge in [-0.15, -0.1) is 11.6 Å². The van der Waals surface area contributed by atoms with Crippen molar-refractivity contribution in [3.05, 3.63) is 84.3 Å². The van der Waals surface area contributed by atoms with Crippen LogP contribution in [0.4, 0.5) is 5.82 Å². The highest BCUT2D eigenvalue weighted by Crippen LogP contribution is 2.31. The highest BCUT2D eigenvalue weighted by molar-refractivity contribution is 6.17. The van der Waals surface area contributed by atoms with Crippen LogP contribution in [-0.2, 0) is 5.88 Å². The molecule has 4 aromatic heterocycles. The quantitative estimate of drug-likeness (QED) is 0.407. The van der Waals surface area contributed by atoms with Gasteiger partial charge >= 0.3 is 0 Å². The van der Waals surface area contributed by atoms with Crippen molar-refractivity contribution in [1.82, 2.24) is 24.5 Å². The zero-order chi connectivity index (χ0) is 22.1. The summed E-state index contributed by atoms with van der Waals surface area (Å²) in [7, 11) is 0. The molecule has 0 saturated heterocycles. The first-order chi connectivity index (χ1) is 15.7. The Morgan fingerprint density at radius 1 is 0.969 bits per heavy atom. The number of nitrogens with zero attached hydrogens (tertiary/aromatic N) is 6. The lowest BCUT2D eigenvalue weighted by atomic mass is 10.1. The van der Waals surface area contributed by atoms with Crippen molar-refractivity contribution in [2.75, 3.05) is 5.73 Å². The van der Waals surface area contributed by atoms with Crippen molar-refractivity contribution < 1.29 is 0 Å². The topological polar surface area (TPSA) is 106 Å². The second-order valence-corrected chi connectivity index (χ2v) is 7.36. The van der Waals surface area contributed by atoms with Crippen molar-refractivity contribution in [3.8, 4) is 34.4 Å². The summed E-state index contributed by atoms with van der Waals surface area (Å²) in [6, 6.07) is 21.0. The molecule has 0 atom stereocenters. The average Bonchev–Trinajstić information content (AvgIpc) is 3.23. The highest BCUT2D eigenvalue weighted by Gasteiger charge is 2.18. The Kier molecular flexibility index (Phi) is 4.98. The van der Waals surface area contributed by atoms with Crippen molar-refractivity contribution in [1.29, 1.82) is 5.26 Å². The van der Waals surface area contributed by atoms with Gasteiger partial charge < -0.3 is 5.73 Å². The number of aromatic nitrogens is 5. The van der Waals surface area contributed by atoms with Crippen LogP contribution < -0.4 is 5.73 Å². The number of halogens is 1. The molecule has 0 fully saturated rings. The number of rotatable bonds is 4. The van der Waals surface area contributed by atoms with E-state index in [2.05, 4.69) is 16.0 Å². The standard InChI is InChI=1S/C24H16ClN7/c25-13-15-3-5-18(6-4-15)32-23(19-2-1-10-29-22(19)27)31-21-8-7-20(30-24(21)32)16-9-11-28-17(12-16)14-26/h1-12H,13H2,(H2,27,29). The molecule has 0 spiro atoms. The zero-order valence-corrected chi connectivity index (χ0v) is 17.5. The SMILES string of the molecule is N#Cc1cc(-c2ccc3nc(-c4cccnc4N)n(-c4ccc(CCl)cc4)c3n2)ccn1. The molecule has 0 radical (unpaired) electrons. The average molecular weight is 438 g/mol. The molecule has 0 unspecified atom stereocenters. The van der Waals surface area contributed by atoms with Crippen LogP contribution in [0.5, 0.6) is 0 Å². The maximum atomic E-state index is 9.20. The summed E-state index contributed by atoms with van der Waals surface area (Å²) >= 11 is 5.98. The molecule has 1 aromatic carbocycles. The normalized spacial score (nSPS) is 10.9. The first-order valence-corrected chi connectivity index (χ1v) is 10.3. The maximum absolute atomic E-state index is 9.20. The van der Waals surface area contributed by atoms with Crippen molar-refractivity contribution in [3.63, 3.8) is 0 Å². The van der Waals surface area contributed by atoms with Crippen LogP contribution in [0, 0.1) is 11.3 Å². The van der Waals surface area contributed by atoms with Gasteiger partial charge in [0.15, 0.2) is 11.5 Å². The van der Waals surface area contributed by atoms with Gasteiger partial charge in [-0.3, -0.25) is 4.57 Å². The van der Waals surface area contributed by atoms with E-state index in [0.717, 1.165) is 16.8 Å². The van der Waals surface area contributed by atoms with Crippen LogP contribution in [0.1, 0.15) is 11.3 Å². The molecule has 8 heteroatoms. The second-order valence-electron chi connectivity index (χ2n) is 7.09. The number of alkyl halides is 1. The molecule has 0 aliphatic carbocycles. The van der Waals surface area contributed by atoms with Gasteiger partial charge in [-0.05, 0) is 54.1 Å². The summed E-state index contributed by atoms with van der Waals surface area (Å²) in [6.07, 6.45) is 3.25. The van der Waals surface area contributed by atoms with E-state index in [1.807, 2.05) is 59.2 Å². The van der Waals surface area contributed by atoms with Crippen LogP contribution in [0.3, 0.4) is 0 Å². The predicted octanol–water partition coefficient (Wildman–Crippen LogP) is 4.74. The minimum absolute atomic E-state index is 0.332. The number of nitriles is 1. The predicted molar refractivity (Wildman–Crippen MR) is 124 cm³/mol. The molecule has 7 nitrogen and oxygen atoms in total. The van der Waals surface area contributed by atoms with E-state index in [9.17, 15) is 5.26 Å². The number of hydrogen-bond acceptors (Lipinski definition) is 6. The Balaban J connectivity index is 1.78. The van der Waals surface area contributed by atoms with Gasteiger partial charge in [0.25, 0.3) is 0 Å². The molecule has 0 aliphatic heterocycles. The first kappa shape index (κ1) is 19.7. The van der Waals surface area contributed by atoms with E-state index in [4.69, 9.17) is 27.3 Å². The van der Waals surface area contributed by atoms with Crippen LogP contribution in [-0.4, -0.2) is 24.5 Å². The molecule has 154 valence electrons. The van der Waals surface area contributed by atoms with Gasteiger partial charge in [0.05, 0.1) is 11.3 Å². The fraction of sp³-hybridized carbons (Fsp3) is 0.0417. The van der Waals surface area contributed by atoms with Gasteiger partial charge in [-0.25, -0.2) is 19.9 Å². The van der Waals surface area contributed by atoms with E-state index in [1.54, 1.807) is 18.5 Å². The molecular weight excluding hydrogens is 422 g/mol. The Labute approximate surface area is 188 Å². The van der Waals surface area contributed by atoms with Gasteiger partial charge in [0.2, 0.25) is 0 Å². The number of nitrogen functional groups attached to an aromatic ring is 1. The summed E-state index contributed by atoms with van der Waals surface area (Å²) in [5.74, 6) is 1.45. The number of nitrogens with two attached hydrogens (primary N) is 1. The number of pyridine rings is 3. The monoisotopic (exact) mass is 437 g/mol. The minimum atomic E-state index is 0.332. The molecule has 0 aliphatic rings. The Hall–Kier alpha value is -4.28. The van der Waals surface area contributed by atoms with Gasteiger partial charge in [0, 0.05) is 29.5 Å². The third kappa shape index (κ3) is 3.43. The molecule has 0 saturated carbocycles. The number of benzene rings is 1. The number of hydrogen-bond donors (Lipinski definition) is 1. The van der Waals surface area contributed by atoms with E-state index >= 15 is 0 Å². The molecule has 0 amide bonds. The smallest absolute Gasteiger partial charge is 0.165 e. The minimum Gasteiger partial charge on any atom is -0.383 e. The molecule has 5 rings (SSSR count). The van der Waals surface area contributed by atoms with E-state index in [0.29, 0.717) is 45.6 Å². The van der Waals surface area contributed by atoms with E-state index < -0.39 is 0 Å². The lowest BCUT2D eigenvalue weighted by Crippen LogP contribution is -2.02. The van der Waals surface area contributed by atoms with E-state index in [1.165, 1.54) is 0 Å². The Morgan fingerprint density at radius 2 is 1.81 bits per heavy atom. The zero-order valence-electron chi connectivity index (χ0n) is 16.8. The molecule has 5 aromatic rings. The van der Waals surface area contributed by atoms with Crippen LogP contribution >= 0.6 is 11.6 Å². The molecule has 32 heavy (non-hydrogen) atoms. The van der Waals surface area contributed by atoms with Crippen molar-refractivity contribution >= 4 is 28.6 Å². The lowest BCUT2D eigenvalue weighted by Gasteiger charge is -2.11. The summed E-state index contributed by atoms with van der Waals surface area (Å²) in [4.78, 5) is 18.0. The molecule has 2 N–H and O–H groups in total. The third-order valence-corrected chi connectivity index (χ3v) is 5.41. The summed E-state index contributed by atoms with van der Waals surface area (Å²) < 4.78 is 1.95. The summed E-state index contributed by atoms with van der Waals surface area (Å²) in [5, 5.41) is 9.20. The number of fused-ring (bicyclic) bond motifs is 1. The van der Waals surface area contributed by atoms with Crippen molar-refractivity contribution in [2.24, 2.45) is 0 Å². The van der Waals surface area contributed by atoms with Crippen LogP contribution in [0.25, 0.3) is 39.5 Å². The third-order valence-electron chi connectivity index (χ3n) is 5.10. The summed E-state index contributed by atoms with van der Waals surface area (Å²) in [5.41, 5.74) is 12.0. The second kappa shape index (κ2) is 8.10. The van der Waals surface area contributed by atoms with Gasteiger partial charge in [0.1, 0.15) is 23.1 Å². The highest BCUT2D eigenvalue weighted by atomic mass is 35.5. The fourth-order valence-corrected chi connectivity index (χ4v) is 3.71. The molecule has 0 bridgehead atoms. The maximum Gasteiger partial charge on any atom is 0.165 e. The van der Waals surface area contributed by atoms with E-state index in [-0.39, 0.29) is 0 Å². The van der Waals surface area contributed by atoms with Crippen molar-refractivity contribution in [2.45, 2.75) is 5.88 Å². The first-order valence-electron chi connectivity index (χ1n) is 9.80.